The van der Waals surface area contributed by atoms with Crippen LogP contribution in [-0.2, 0) is 6.42 Å². The molecule has 1 aromatic heterocycles. The van der Waals surface area contributed by atoms with Crippen LogP contribution in [0, 0.1) is 0 Å². The molecule has 1 aromatic carbocycles. The van der Waals surface area contributed by atoms with E-state index >= 15 is 0 Å². The van der Waals surface area contributed by atoms with Gasteiger partial charge in [-0.15, -0.1) is 12.4 Å². The van der Waals surface area contributed by atoms with Gasteiger partial charge in [0, 0.05) is 6.20 Å². The van der Waals surface area contributed by atoms with Crippen LogP contribution in [0.2, 0.25) is 0 Å². The number of rotatable bonds is 3. The van der Waals surface area contributed by atoms with Crippen LogP contribution in [0.5, 0.6) is 0 Å². The largest absolute Gasteiger partial charge is 0.477 e. The van der Waals surface area contributed by atoms with E-state index < -0.39 is 5.97 Å². The van der Waals surface area contributed by atoms with Crippen molar-refractivity contribution in [2.75, 3.05) is 0 Å². The molecular formula is C13H12ClNO2. The van der Waals surface area contributed by atoms with Crippen LogP contribution >= 0.6 is 12.4 Å². The van der Waals surface area contributed by atoms with E-state index in [4.69, 9.17) is 5.11 Å². The minimum atomic E-state index is -0.980. The molecule has 0 atom stereocenters. The molecule has 0 aliphatic heterocycles. The van der Waals surface area contributed by atoms with E-state index in [2.05, 4.69) is 4.98 Å². The van der Waals surface area contributed by atoms with E-state index in [9.17, 15) is 4.79 Å². The number of aromatic carboxylic acids is 1. The van der Waals surface area contributed by atoms with Gasteiger partial charge in [-0.1, -0.05) is 36.4 Å². The second kappa shape index (κ2) is 6.01. The maximum Gasteiger partial charge on any atom is 0.354 e. The molecule has 1 N–H and O–H groups in total. The Morgan fingerprint density at radius 1 is 1.12 bits per heavy atom. The van der Waals surface area contributed by atoms with Crippen molar-refractivity contribution in [2.45, 2.75) is 6.42 Å². The summed E-state index contributed by atoms with van der Waals surface area (Å²) in [5.74, 6) is -0.980. The van der Waals surface area contributed by atoms with E-state index in [1.807, 2.05) is 30.3 Å². The molecule has 2 aromatic rings. The fourth-order valence-corrected chi connectivity index (χ4v) is 1.59. The summed E-state index contributed by atoms with van der Waals surface area (Å²) in [6.45, 7) is 0. The lowest BCUT2D eigenvalue weighted by molar-refractivity contribution is 0.0689. The van der Waals surface area contributed by atoms with Gasteiger partial charge in [-0.2, -0.15) is 0 Å². The molecule has 17 heavy (non-hydrogen) atoms. The molecular weight excluding hydrogens is 238 g/mol. The molecule has 88 valence electrons. The van der Waals surface area contributed by atoms with Crippen molar-refractivity contribution in [1.82, 2.24) is 4.98 Å². The van der Waals surface area contributed by atoms with Gasteiger partial charge in [0.25, 0.3) is 0 Å². The van der Waals surface area contributed by atoms with Crippen LogP contribution in [0.25, 0.3) is 0 Å². The maximum atomic E-state index is 10.9. The number of hydrogen-bond donors (Lipinski definition) is 1. The Balaban J connectivity index is 0.00000144. The third-order valence-corrected chi connectivity index (χ3v) is 2.33. The van der Waals surface area contributed by atoms with Crippen LogP contribution in [0.3, 0.4) is 0 Å². The lowest BCUT2D eigenvalue weighted by Gasteiger charge is -2.04. The molecule has 2 rings (SSSR count). The highest BCUT2D eigenvalue weighted by atomic mass is 35.5. The standard InChI is InChI=1S/C13H11NO2.ClH/c15-13(16)12-11(7-4-8-14-12)9-10-5-2-1-3-6-10;/h1-8H,9H2,(H,15,16);1H. The van der Waals surface area contributed by atoms with Gasteiger partial charge in [0.2, 0.25) is 0 Å². The average molecular weight is 250 g/mol. The molecule has 0 saturated heterocycles. The number of carbonyl (C=O) groups is 1. The van der Waals surface area contributed by atoms with Gasteiger partial charge >= 0.3 is 5.97 Å². The number of hydrogen-bond acceptors (Lipinski definition) is 2. The Morgan fingerprint density at radius 2 is 1.82 bits per heavy atom. The smallest absolute Gasteiger partial charge is 0.354 e. The van der Waals surface area contributed by atoms with Crippen molar-refractivity contribution >= 4 is 18.4 Å². The summed E-state index contributed by atoms with van der Waals surface area (Å²) in [5, 5.41) is 8.98. The molecule has 0 bridgehead atoms. The van der Waals surface area contributed by atoms with E-state index in [0.717, 1.165) is 11.1 Å². The maximum absolute atomic E-state index is 10.9. The molecule has 0 aliphatic rings. The molecule has 1 heterocycles. The Labute approximate surface area is 106 Å². The molecule has 0 radical (unpaired) electrons. The zero-order valence-corrected chi connectivity index (χ0v) is 9.85. The fourth-order valence-electron chi connectivity index (χ4n) is 1.59. The van der Waals surface area contributed by atoms with E-state index in [1.165, 1.54) is 6.20 Å². The average Bonchev–Trinajstić information content (AvgIpc) is 2.31. The zero-order valence-electron chi connectivity index (χ0n) is 9.04. The highest BCUT2D eigenvalue weighted by Gasteiger charge is 2.10. The lowest BCUT2D eigenvalue weighted by Crippen LogP contribution is -2.05. The molecule has 0 unspecified atom stereocenters. The highest BCUT2D eigenvalue weighted by molar-refractivity contribution is 5.87. The lowest BCUT2D eigenvalue weighted by atomic mass is 10.0. The Kier molecular flexibility index (Phi) is 4.67. The van der Waals surface area contributed by atoms with E-state index in [0.29, 0.717) is 6.42 Å². The van der Waals surface area contributed by atoms with Gasteiger partial charge in [-0.05, 0) is 23.6 Å². The topological polar surface area (TPSA) is 50.2 Å². The second-order valence-corrected chi connectivity index (χ2v) is 3.48. The number of nitrogens with zero attached hydrogens (tertiary/aromatic N) is 1. The van der Waals surface area contributed by atoms with Crippen molar-refractivity contribution in [3.8, 4) is 0 Å². The Morgan fingerprint density at radius 3 is 2.47 bits per heavy atom. The summed E-state index contributed by atoms with van der Waals surface area (Å²) < 4.78 is 0. The summed E-state index contributed by atoms with van der Waals surface area (Å²) in [6.07, 6.45) is 2.09. The van der Waals surface area contributed by atoms with Gasteiger partial charge in [-0.25, -0.2) is 9.78 Å². The summed E-state index contributed by atoms with van der Waals surface area (Å²) in [5.41, 5.74) is 1.95. The predicted molar refractivity (Wildman–Crippen MR) is 67.7 cm³/mol. The first kappa shape index (κ1) is 13.2. The van der Waals surface area contributed by atoms with Crippen LogP contribution in [-0.4, -0.2) is 16.1 Å². The van der Waals surface area contributed by atoms with Crippen molar-refractivity contribution < 1.29 is 9.90 Å². The first-order valence-electron chi connectivity index (χ1n) is 4.98. The molecule has 0 saturated carbocycles. The number of aromatic nitrogens is 1. The van der Waals surface area contributed by atoms with Crippen molar-refractivity contribution in [3.63, 3.8) is 0 Å². The molecule has 0 spiro atoms. The summed E-state index contributed by atoms with van der Waals surface area (Å²) in [6, 6.07) is 13.3. The number of pyridine rings is 1. The zero-order chi connectivity index (χ0) is 11.4. The first-order chi connectivity index (χ1) is 7.77. The molecule has 0 aliphatic carbocycles. The quantitative estimate of drug-likeness (QED) is 0.910. The van der Waals surface area contributed by atoms with Crippen LogP contribution in [0.4, 0.5) is 0 Å². The van der Waals surface area contributed by atoms with Crippen LogP contribution in [0.1, 0.15) is 21.6 Å². The Bertz CT molecular complexity index is 500. The first-order valence-corrected chi connectivity index (χ1v) is 4.98. The summed E-state index contributed by atoms with van der Waals surface area (Å²) in [7, 11) is 0. The fraction of sp³-hybridized carbons (Fsp3) is 0.0769. The molecule has 0 amide bonds. The Hall–Kier alpha value is -1.87. The SMILES string of the molecule is Cl.O=C(O)c1ncccc1Cc1ccccc1. The normalized spacial score (nSPS) is 9.41. The minimum absolute atomic E-state index is 0. The van der Waals surface area contributed by atoms with Crippen LogP contribution < -0.4 is 0 Å². The van der Waals surface area contributed by atoms with Crippen molar-refractivity contribution in [1.29, 1.82) is 0 Å². The van der Waals surface area contributed by atoms with Gasteiger partial charge in [-0.3, -0.25) is 0 Å². The summed E-state index contributed by atoms with van der Waals surface area (Å²) in [4.78, 5) is 14.8. The molecule has 4 heteroatoms. The number of benzene rings is 1. The highest BCUT2D eigenvalue weighted by Crippen LogP contribution is 2.12. The molecule has 0 fully saturated rings. The summed E-state index contributed by atoms with van der Waals surface area (Å²) >= 11 is 0. The van der Waals surface area contributed by atoms with E-state index in [-0.39, 0.29) is 18.1 Å². The molecule has 3 nitrogen and oxygen atoms in total. The number of carboxylic acids is 1. The van der Waals surface area contributed by atoms with Crippen molar-refractivity contribution in [2.24, 2.45) is 0 Å². The van der Waals surface area contributed by atoms with Crippen LogP contribution in [0.15, 0.2) is 48.7 Å². The van der Waals surface area contributed by atoms with E-state index in [1.54, 1.807) is 12.1 Å². The number of carboxylic acid groups (broad SMARTS) is 1. The van der Waals surface area contributed by atoms with Gasteiger partial charge in [0.05, 0.1) is 0 Å². The monoisotopic (exact) mass is 249 g/mol. The van der Waals surface area contributed by atoms with Gasteiger partial charge in [0.15, 0.2) is 5.69 Å². The number of halogens is 1. The van der Waals surface area contributed by atoms with Crippen molar-refractivity contribution in [3.05, 3.63) is 65.5 Å². The van der Waals surface area contributed by atoms with Gasteiger partial charge in [0.1, 0.15) is 0 Å². The third-order valence-electron chi connectivity index (χ3n) is 2.33. The van der Waals surface area contributed by atoms with Gasteiger partial charge < -0.3 is 5.11 Å². The third kappa shape index (κ3) is 3.29. The minimum Gasteiger partial charge on any atom is -0.477 e. The second-order valence-electron chi connectivity index (χ2n) is 3.48. The predicted octanol–water partition coefficient (Wildman–Crippen LogP) is 2.79.